The molecule has 4 heteroatoms. The summed E-state index contributed by atoms with van der Waals surface area (Å²) in [7, 11) is 2.01. The molecule has 4 unspecified atom stereocenters. The molecule has 1 aliphatic rings. The Morgan fingerprint density at radius 3 is 2.22 bits per heavy atom. The molecule has 0 radical (unpaired) electrons. The average molecular weight is 368 g/mol. The second-order valence-electron chi connectivity index (χ2n) is 7.37. The first-order chi connectivity index (χ1) is 13.0. The van der Waals surface area contributed by atoms with Gasteiger partial charge in [-0.1, -0.05) is 43.3 Å². The van der Waals surface area contributed by atoms with Crippen LogP contribution in [0.1, 0.15) is 56.1 Å². The molecule has 144 valence electrons. The molecule has 0 bridgehead atoms. The zero-order chi connectivity index (χ0) is 19.2. The number of aromatic nitrogens is 1. The molecule has 1 fully saturated rings. The van der Waals surface area contributed by atoms with Gasteiger partial charge in [0, 0.05) is 24.1 Å². The quantitative estimate of drug-likeness (QED) is 0.783. The highest BCUT2D eigenvalue weighted by atomic mass is 16.7. The molecule has 1 saturated heterocycles. The zero-order valence-electron chi connectivity index (χ0n) is 16.4. The summed E-state index contributed by atoms with van der Waals surface area (Å²) in [5.74, 6) is 0. The van der Waals surface area contributed by atoms with Crippen molar-refractivity contribution in [2.24, 2.45) is 7.05 Å². The summed E-state index contributed by atoms with van der Waals surface area (Å²) >= 11 is 0. The predicted octanol–water partition coefficient (Wildman–Crippen LogP) is 4.04. The van der Waals surface area contributed by atoms with Crippen LogP contribution < -0.4 is 4.57 Å². The van der Waals surface area contributed by atoms with E-state index in [0.29, 0.717) is 6.42 Å². The van der Waals surface area contributed by atoms with Crippen LogP contribution in [0.25, 0.3) is 12.2 Å². The number of ether oxygens (including phenoxy) is 2. The summed E-state index contributed by atoms with van der Waals surface area (Å²) in [4.78, 5) is 0. The van der Waals surface area contributed by atoms with E-state index >= 15 is 0 Å². The molecule has 3 rings (SSSR count). The first kappa shape index (κ1) is 19.7. The van der Waals surface area contributed by atoms with E-state index in [1.165, 1.54) is 5.56 Å². The SMILES string of the molecule is CCC1CC(CC(C)O)OC(c2ccc(C=Cc3cc[n+](C)cc3)cc2)O1. The molecule has 0 spiro atoms. The molecule has 4 nitrogen and oxygen atoms in total. The molecule has 2 heterocycles. The second-order valence-corrected chi connectivity index (χ2v) is 7.37. The van der Waals surface area contributed by atoms with Crippen molar-refractivity contribution in [1.29, 1.82) is 0 Å². The molecule has 1 aromatic heterocycles. The largest absolute Gasteiger partial charge is 0.393 e. The lowest BCUT2D eigenvalue weighted by Crippen LogP contribution is -2.35. The van der Waals surface area contributed by atoms with Crippen LogP contribution in [0.4, 0.5) is 0 Å². The van der Waals surface area contributed by atoms with Gasteiger partial charge in [0.25, 0.3) is 0 Å². The fraction of sp³-hybridized carbons (Fsp3) is 0.435. The highest BCUT2D eigenvalue weighted by Gasteiger charge is 2.30. The van der Waals surface area contributed by atoms with Crippen LogP contribution in [-0.4, -0.2) is 23.4 Å². The van der Waals surface area contributed by atoms with Crippen molar-refractivity contribution in [3.8, 4) is 0 Å². The highest BCUT2D eigenvalue weighted by Crippen LogP contribution is 2.33. The molecular formula is C23H30NO3+. The standard InChI is InChI=1S/C23H30NO3/c1-4-21-16-22(15-17(2)25)27-23(26-21)20-9-7-18(8-10-20)5-6-19-11-13-24(3)14-12-19/h5-14,17,21-23,25H,4,15-16H2,1-3H3/q+1. The Hall–Kier alpha value is -2.01. The molecule has 0 amide bonds. The predicted molar refractivity (Wildman–Crippen MR) is 107 cm³/mol. The number of pyridine rings is 1. The molecule has 2 aromatic rings. The van der Waals surface area contributed by atoms with Crippen LogP contribution in [0.3, 0.4) is 0 Å². The van der Waals surface area contributed by atoms with E-state index in [1.54, 1.807) is 0 Å². The van der Waals surface area contributed by atoms with Gasteiger partial charge in [0.2, 0.25) is 0 Å². The summed E-state index contributed by atoms with van der Waals surface area (Å²) in [5, 5.41) is 9.70. The minimum absolute atomic E-state index is 0.0349. The lowest BCUT2D eigenvalue weighted by Gasteiger charge is -2.36. The number of aliphatic hydroxyl groups is 1. The average Bonchev–Trinajstić information content (AvgIpc) is 2.67. The minimum atomic E-state index is -0.362. The number of hydrogen-bond acceptors (Lipinski definition) is 3. The first-order valence-corrected chi connectivity index (χ1v) is 9.76. The Labute approximate surface area is 162 Å². The van der Waals surface area contributed by atoms with E-state index in [-0.39, 0.29) is 24.6 Å². The van der Waals surface area contributed by atoms with Gasteiger partial charge in [-0.15, -0.1) is 0 Å². The van der Waals surface area contributed by atoms with Gasteiger partial charge >= 0.3 is 0 Å². The fourth-order valence-corrected chi connectivity index (χ4v) is 3.32. The van der Waals surface area contributed by atoms with Gasteiger partial charge in [-0.2, -0.15) is 0 Å². The summed E-state index contributed by atoms with van der Waals surface area (Å²) in [6, 6.07) is 12.5. The summed E-state index contributed by atoms with van der Waals surface area (Å²) in [5.41, 5.74) is 3.32. The summed E-state index contributed by atoms with van der Waals surface area (Å²) in [6.07, 6.45) is 10.2. The maximum absolute atomic E-state index is 9.70. The van der Waals surface area contributed by atoms with Crippen LogP contribution in [0.5, 0.6) is 0 Å². The van der Waals surface area contributed by atoms with Gasteiger partial charge < -0.3 is 14.6 Å². The molecule has 1 aromatic carbocycles. The van der Waals surface area contributed by atoms with Gasteiger partial charge in [0.1, 0.15) is 7.05 Å². The third-order valence-electron chi connectivity index (χ3n) is 4.90. The van der Waals surface area contributed by atoms with Crippen molar-refractivity contribution >= 4 is 12.2 Å². The fourth-order valence-electron chi connectivity index (χ4n) is 3.32. The highest BCUT2D eigenvalue weighted by molar-refractivity contribution is 5.69. The summed E-state index contributed by atoms with van der Waals surface area (Å²) in [6.45, 7) is 3.94. The Kier molecular flexibility index (Phi) is 6.78. The third kappa shape index (κ3) is 5.73. The van der Waals surface area contributed by atoms with Crippen molar-refractivity contribution < 1.29 is 19.1 Å². The topological polar surface area (TPSA) is 42.6 Å². The van der Waals surface area contributed by atoms with E-state index in [0.717, 1.165) is 24.0 Å². The number of aliphatic hydroxyl groups excluding tert-OH is 1. The van der Waals surface area contributed by atoms with E-state index in [4.69, 9.17) is 9.47 Å². The molecule has 27 heavy (non-hydrogen) atoms. The smallest absolute Gasteiger partial charge is 0.184 e. The van der Waals surface area contributed by atoms with Crippen LogP contribution in [0.2, 0.25) is 0 Å². The number of benzene rings is 1. The molecule has 4 atom stereocenters. The Bertz CT molecular complexity index is 737. The van der Waals surface area contributed by atoms with E-state index < -0.39 is 0 Å². The monoisotopic (exact) mass is 368 g/mol. The normalized spacial score (nSPS) is 24.2. The van der Waals surface area contributed by atoms with Crippen LogP contribution in [-0.2, 0) is 16.5 Å². The number of hydrogen-bond donors (Lipinski definition) is 1. The molecular weight excluding hydrogens is 338 g/mol. The van der Waals surface area contributed by atoms with Crippen molar-refractivity contribution in [3.05, 3.63) is 65.5 Å². The maximum atomic E-state index is 9.70. The van der Waals surface area contributed by atoms with Crippen molar-refractivity contribution in [2.75, 3.05) is 0 Å². The van der Waals surface area contributed by atoms with Crippen LogP contribution in [0, 0.1) is 0 Å². The Morgan fingerprint density at radius 2 is 1.63 bits per heavy atom. The van der Waals surface area contributed by atoms with Crippen molar-refractivity contribution in [1.82, 2.24) is 0 Å². The van der Waals surface area contributed by atoms with E-state index in [1.807, 2.05) is 30.9 Å². The van der Waals surface area contributed by atoms with Crippen LogP contribution >= 0.6 is 0 Å². The van der Waals surface area contributed by atoms with Gasteiger partial charge in [-0.3, -0.25) is 0 Å². The van der Waals surface area contributed by atoms with Crippen molar-refractivity contribution in [2.45, 2.75) is 57.7 Å². The van der Waals surface area contributed by atoms with Gasteiger partial charge in [-0.25, -0.2) is 4.57 Å². The Morgan fingerprint density at radius 1 is 1.04 bits per heavy atom. The van der Waals surface area contributed by atoms with Crippen molar-refractivity contribution in [3.63, 3.8) is 0 Å². The third-order valence-corrected chi connectivity index (χ3v) is 4.90. The molecule has 1 aliphatic heterocycles. The number of rotatable bonds is 6. The van der Waals surface area contributed by atoms with E-state index in [2.05, 4.69) is 55.5 Å². The second kappa shape index (κ2) is 9.27. The zero-order valence-corrected chi connectivity index (χ0v) is 16.4. The summed E-state index contributed by atoms with van der Waals surface area (Å²) < 4.78 is 14.2. The van der Waals surface area contributed by atoms with Gasteiger partial charge in [0.05, 0.1) is 18.3 Å². The van der Waals surface area contributed by atoms with Gasteiger partial charge in [0.15, 0.2) is 18.7 Å². The molecule has 0 aliphatic carbocycles. The minimum Gasteiger partial charge on any atom is -0.393 e. The first-order valence-electron chi connectivity index (χ1n) is 9.76. The number of nitrogens with zero attached hydrogens (tertiary/aromatic N) is 1. The van der Waals surface area contributed by atoms with E-state index in [9.17, 15) is 5.11 Å². The lowest BCUT2D eigenvalue weighted by molar-refractivity contribution is -0.671. The number of aryl methyl sites for hydroxylation is 1. The maximum Gasteiger partial charge on any atom is 0.184 e. The lowest BCUT2D eigenvalue weighted by atomic mass is 10.0. The molecule has 0 saturated carbocycles. The van der Waals surface area contributed by atoms with Gasteiger partial charge in [-0.05, 0) is 30.9 Å². The molecule has 1 N–H and O–H groups in total. The van der Waals surface area contributed by atoms with Crippen LogP contribution in [0.15, 0.2) is 48.8 Å². The Balaban J connectivity index is 1.67.